The number of hydrogen-bond acceptors (Lipinski definition) is 4. The van der Waals surface area contributed by atoms with Crippen LogP contribution < -0.4 is 0 Å². The summed E-state index contributed by atoms with van der Waals surface area (Å²) in [6.07, 6.45) is 1.11. The van der Waals surface area contributed by atoms with Gasteiger partial charge >= 0.3 is 0 Å². The second kappa shape index (κ2) is 5.42. The SMILES string of the molecule is CS(=O)(=O)N1CCC(c2ccccc2F)S(=O)(=O)CC1. The third-order valence-corrected chi connectivity index (χ3v) is 6.83. The van der Waals surface area contributed by atoms with Gasteiger partial charge in [-0.2, -0.15) is 0 Å². The molecule has 1 aliphatic heterocycles. The summed E-state index contributed by atoms with van der Waals surface area (Å²) in [6.45, 7) is 0.00316. The molecule has 5 nitrogen and oxygen atoms in total. The number of hydrogen-bond donors (Lipinski definition) is 0. The molecule has 0 aliphatic carbocycles. The third-order valence-electron chi connectivity index (χ3n) is 3.42. The van der Waals surface area contributed by atoms with E-state index in [0.717, 1.165) is 10.6 Å². The van der Waals surface area contributed by atoms with E-state index in [1.165, 1.54) is 18.2 Å². The van der Waals surface area contributed by atoms with Crippen LogP contribution in [0.4, 0.5) is 4.39 Å². The van der Waals surface area contributed by atoms with Gasteiger partial charge in [-0.05, 0) is 12.5 Å². The molecule has 0 spiro atoms. The molecule has 0 bridgehead atoms. The lowest BCUT2D eigenvalue weighted by Gasteiger charge is -2.17. The summed E-state index contributed by atoms with van der Waals surface area (Å²) in [4.78, 5) is 0. The molecule has 0 amide bonds. The Labute approximate surface area is 118 Å². The summed E-state index contributed by atoms with van der Waals surface area (Å²) >= 11 is 0. The maximum absolute atomic E-state index is 13.8. The molecule has 0 radical (unpaired) electrons. The van der Waals surface area contributed by atoms with Gasteiger partial charge in [0.2, 0.25) is 10.0 Å². The Hall–Kier alpha value is -0.990. The van der Waals surface area contributed by atoms with Crippen molar-refractivity contribution in [3.05, 3.63) is 35.6 Å². The van der Waals surface area contributed by atoms with Gasteiger partial charge in [-0.3, -0.25) is 0 Å². The second-order valence-corrected chi connectivity index (χ2v) is 9.11. The Balaban J connectivity index is 2.38. The molecule has 0 saturated carbocycles. The predicted molar refractivity (Wildman–Crippen MR) is 74.0 cm³/mol. The number of halogens is 1. The van der Waals surface area contributed by atoms with E-state index in [-0.39, 0.29) is 30.8 Å². The molecular weight excluding hydrogens is 305 g/mol. The summed E-state index contributed by atoms with van der Waals surface area (Å²) in [5, 5.41) is -0.990. The number of sulfonamides is 1. The van der Waals surface area contributed by atoms with E-state index in [1.807, 2.05) is 0 Å². The number of rotatable bonds is 2. The summed E-state index contributed by atoms with van der Waals surface area (Å²) < 4.78 is 62.4. The van der Waals surface area contributed by atoms with Crippen molar-refractivity contribution in [1.82, 2.24) is 4.31 Å². The number of benzene rings is 1. The fourth-order valence-electron chi connectivity index (χ4n) is 2.34. The third kappa shape index (κ3) is 3.18. The van der Waals surface area contributed by atoms with Crippen LogP contribution in [0.5, 0.6) is 0 Å². The Bertz CT molecular complexity index is 700. The van der Waals surface area contributed by atoms with E-state index in [1.54, 1.807) is 6.07 Å². The molecule has 1 saturated heterocycles. The van der Waals surface area contributed by atoms with Gasteiger partial charge in [0.1, 0.15) is 5.82 Å². The van der Waals surface area contributed by atoms with Gasteiger partial charge in [0.15, 0.2) is 9.84 Å². The van der Waals surface area contributed by atoms with Crippen molar-refractivity contribution in [2.24, 2.45) is 0 Å². The Morgan fingerprint density at radius 2 is 1.90 bits per heavy atom. The highest BCUT2D eigenvalue weighted by Gasteiger charge is 2.34. The van der Waals surface area contributed by atoms with Crippen LogP contribution in [0.15, 0.2) is 24.3 Å². The molecule has 112 valence electrons. The van der Waals surface area contributed by atoms with Gasteiger partial charge in [0.05, 0.1) is 17.3 Å². The van der Waals surface area contributed by atoms with Crippen molar-refractivity contribution in [1.29, 1.82) is 0 Å². The van der Waals surface area contributed by atoms with Crippen LogP contribution in [0.25, 0.3) is 0 Å². The van der Waals surface area contributed by atoms with Crippen molar-refractivity contribution in [2.75, 3.05) is 25.1 Å². The summed E-state index contributed by atoms with van der Waals surface area (Å²) in [5.74, 6) is -0.868. The summed E-state index contributed by atoms with van der Waals surface area (Å²) in [6, 6.07) is 5.72. The zero-order valence-corrected chi connectivity index (χ0v) is 12.6. The average molecular weight is 321 g/mol. The highest BCUT2D eigenvalue weighted by molar-refractivity contribution is 7.91. The fraction of sp³-hybridized carbons (Fsp3) is 0.500. The van der Waals surface area contributed by atoms with Crippen LogP contribution in [-0.4, -0.2) is 46.2 Å². The van der Waals surface area contributed by atoms with Crippen molar-refractivity contribution in [3.8, 4) is 0 Å². The first-order valence-electron chi connectivity index (χ1n) is 6.13. The molecule has 1 unspecified atom stereocenters. The maximum atomic E-state index is 13.8. The molecular formula is C12H16FNO4S2. The van der Waals surface area contributed by atoms with E-state index in [2.05, 4.69) is 0 Å². The minimum absolute atomic E-state index is 0.0658. The van der Waals surface area contributed by atoms with Gasteiger partial charge < -0.3 is 0 Å². The van der Waals surface area contributed by atoms with Gasteiger partial charge in [0.25, 0.3) is 0 Å². The molecule has 1 fully saturated rings. The van der Waals surface area contributed by atoms with Gasteiger partial charge in [-0.15, -0.1) is 0 Å². The Kier molecular flexibility index (Phi) is 4.17. The van der Waals surface area contributed by atoms with Crippen LogP contribution in [0, 0.1) is 5.82 Å². The fourth-order valence-corrected chi connectivity index (χ4v) is 5.12. The average Bonchev–Trinajstić information content (AvgIpc) is 2.48. The maximum Gasteiger partial charge on any atom is 0.211 e. The Morgan fingerprint density at radius 1 is 1.25 bits per heavy atom. The first kappa shape index (κ1) is 15.4. The standard InChI is InChI=1S/C12H16FNO4S2/c1-19(15,16)14-7-6-12(20(17,18)9-8-14)10-4-2-3-5-11(10)13/h2-5,12H,6-9H2,1H3. The summed E-state index contributed by atoms with van der Waals surface area (Å²) in [5.41, 5.74) is 0.114. The largest absolute Gasteiger partial charge is 0.228 e. The number of sulfone groups is 1. The van der Waals surface area contributed by atoms with Crippen LogP contribution in [0.1, 0.15) is 17.2 Å². The molecule has 1 aliphatic rings. The second-order valence-electron chi connectivity index (χ2n) is 4.83. The van der Waals surface area contributed by atoms with Crippen molar-refractivity contribution < 1.29 is 21.2 Å². The van der Waals surface area contributed by atoms with E-state index >= 15 is 0 Å². The van der Waals surface area contributed by atoms with E-state index in [9.17, 15) is 21.2 Å². The lowest BCUT2D eigenvalue weighted by atomic mass is 10.1. The highest BCUT2D eigenvalue weighted by Crippen LogP contribution is 2.31. The molecule has 1 aromatic carbocycles. The van der Waals surface area contributed by atoms with Gasteiger partial charge in [0, 0.05) is 18.7 Å². The normalized spacial score (nSPS) is 24.2. The monoisotopic (exact) mass is 321 g/mol. The zero-order valence-electron chi connectivity index (χ0n) is 11.0. The Morgan fingerprint density at radius 3 is 2.50 bits per heavy atom. The molecule has 1 aromatic rings. The minimum Gasteiger partial charge on any atom is -0.228 e. The smallest absolute Gasteiger partial charge is 0.211 e. The lowest BCUT2D eigenvalue weighted by molar-refractivity contribution is 0.431. The number of nitrogens with zero attached hydrogens (tertiary/aromatic N) is 1. The summed E-state index contributed by atoms with van der Waals surface area (Å²) in [7, 11) is -7.01. The van der Waals surface area contributed by atoms with E-state index in [4.69, 9.17) is 0 Å². The lowest BCUT2D eigenvalue weighted by Crippen LogP contribution is -2.32. The van der Waals surface area contributed by atoms with Crippen molar-refractivity contribution in [2.45, 2.75) is 11.7 Å². The zero-order chi connectivity index (χ0) is 15.0. The van der Waals surface area contributed by atoms with Crippen LogP contribution in [0.2, 0.25) is 0 Å². The van der Waals surface area contributed by atoms with Gasteiger partial charge in [-0.1, -0.05) is 18.2 Å². The molecule has 2 rings (SSSR count). The van der Waals surface area contributed by atoms with Crippen LogP contribution in [-0.2, 0) is 19.9 Å². The van der Waals surface area contributed by atoms with Crippen LogP contribution >= 0.6 is 0 Å². The van der Waals surface area contributed by atoms with Gasteiger partial charge in [-0.25, -0.2) is 25.5 Å². The first-order chi connectivity index (χ1) is 9.22. The van der Waals surface area contributed by atoms with Crippen molar-refractivity contribution in [3.63, 3.8) is 0 Å². The molecule has 0 N–H and O–H groups in total. The molecule has 8 heteroatoms. The first-order valence-corrected chi connectivity index (χ1v) is 9.69. The van der Waals surface area contributed by atoms with E-state index < -0.39 is 30.9 Å². The predicted octanol–water partition coefficient (Wildman–Crippen LogP) is 0.947. The van der Waals surface area contributed by atoms with E-state index in [0.29, 0.717) is 0 Å². The van der Waals surface area contributed by atoms with Crippen LogP contribution in [0.3, 0.4) is 0 Å². The minimum atomic E-state index is -3.57. The highest BCUT2D eigenvalue weighted by atomic mass is 32.2. The van der Waals surface area contributed by atoms with Crippen molar-refractivity contribution >= 4 is 19.9 Å². The molecule has 20 heavy (non-hydrogen) atoms. The quantitative estimate of drug-likeness (QED) is 0.813. The molecule has 0 aromatic heterocycles. The molecule has 1 atom stereocenters. The topological polar surface area (TPSA) is 71.5 Å². The molecule has 1 heterocycles.